The van der Waals surface area contributed by atoms with Crippen LogP contribution in [0.1, 0.15) is 29.4 Å². The minimum Gasteiger partial charge on any atom is -0.321 e. The summed E-state index contributed by atoms with van der Waals surface area (Å²) in [4.78, 5) is 33.0. The van der Waals surface area contributed by atoms with Crippen molar-refractivity contribution < 1.29 is 4.79 Å². The molecule has 6 heteroatoms. The summed E-state index contributed by atoms with van der Waals surface area (Å²) in [7, 11) is 0. The number of nitrogens with zero attached hydrogens (tertiary/aromatic N) is 3. The van der Waals surface area contributed by atoms with Gasteiger partial charge in [-0.15, -0.1) is 0 Å². The summed E-state index contributed by atoms with van der Waals surface area (Å²) in [6.07, 6.45) is 5.20. The standard InChI is InChI=1S/C17H14N4O2/c22-16(15-3-1-2-8-18-15)20-11-4-7-14-13(9-11)17(23)21(10-19-14)12-5-6-12/h1-4,7-10,12H,5-6H2,(H,20,22). The summed E-state index contributed by atoms with van der Waals surface area (Å²) in [5.41, 5.74) is 1.45. The highest BCUT2D eigenvalue weighted by atomic mass is 16.2. The van der Waals surface area contributed by atoms with Crippen LogP contribution in [0.2, 0.25) is 0 Å². The Balaban J connectivity index is 1.69. The molecule has 23 heavy (non-hydrogen) atoms. The molecular weight excluding hydrogens is 292 g/mol. The van der Waals surface area contributed by atoms with Crippen LogP contribution in [-0.4, -0.2) is 20.4 Å². The zero-order valence-electron chi connectivity index (χ0n) is 12.3. The van der Waals surface area contributed by atoms with Gasteiger partial charge in [-0.3, -0.25) is 19.1 Å². The molecular formula is C17H14N4O2. The highest BCUT2D eigenvalue weighted by molar-refractivity contribution is 6.03. The van der Waals surface area contributed by atoms with E-state index in [0.717, 1.165) is 12.8 Å². The Kier molecular flexibility index (Phi) is 3.15. The molecule has 0 aliphatic heterocycles. The number of hydrogen-bond donors (Lipinski definition) is 1. The molecule has 6 nitrogen and oxygen atoms in total. The highest BCUT2D eigenvalue weighted by Gasteiger charge is 2.25. The van der Waals surface area contributed by atoms with Crippen molar-refractivity contribution in [2.75, 3.05) is 5.32 Å². The van der Waals surface area contributed by atoms with E-state index in [0.29, 0.717) is 22.3 Å². The number of amides is 1. The smallest absolute Gasteiger partial charge is 0.274 e. The largest absolute Gasteiger partial charge is 0.321 e. The predicted molar refractivity (Wildman–Crippen MR) is 86.5 cm³/mol. The lowest BCUT2D eigenvalue weighted by Gasteiger charge is -2.08. The van der Waals surface area contributed by atoms with E-state index in [9.17, 15) is 9.59 Å². The molecule has 1 fully saturated rings. The van der Waals surface area contributed by atoms with Crippen LogP contribution in [0.5, 0.6) is 0 Å². The summed E-state index contributed by atoms with van der Waals surface area (Å²) in [5, 5.41) is 3.28. The van der Waals surface area contributed by atoms with Crippen molar-refractivity contribution in [3.63, 3.8) is 0 Å². The van der Waals surface area contributed by atoms with Gasteiger partial charge in [0.25, 0.3) is 11.5 Å². The summed E-state index contributed by atoms with van der Waals surface area (Å²) in [6, 6.07) is 10.5. The van der Waals surface area contributed by atoms with E-state index in [4.69, 9.17) is 0 Å². The lowest BCUT2D eigenvalue weighted by Crippen LogP contribution is -2.20. The van der Waals surface area contributed by atoms with Gasteiger partial charge in [-0.1, -0.05) is 6.07 Å². The monoisotopic (exact) mass is 306 g/mol. The van der Waals surface area contributed by atoms with Crippen molar-refractivity contribution in [3.8, 4) is 0 Å². The SMILES string of the molecule is O=C(Nc1ccc2ncn(C3CC3)c(=O)c2c1)c1ccccn1. The van der Waals surface area contributed by atoms with Crippen LogP contribution >= 0.6 is 0 Å². The second-order valence-electron chi connectivity index (χ2n) is 5.59. The normalized spacial score (nSPS) is 13.9. The average molecular weight is 306 g/mol. The Bertz CT molecular complexity index is 946. The van der Waals surface area contributed by atoms with E-state index in [1.165, 1.54) is 0 Å². The van der Waals surface area contributed by atoms with Crippen molar-refractivity contribution in [1.29, 1.82) is 0 Å². The van der Waals surface area contributed by atoms with Crippen LogP contribution in [0.25, 0.3) is 10.9 Å². The maximum atomic E-state index is 12.5. The Labute approximate surface area is 131 Å². The van der Waals surface area contributed by atoms with Crippen LogP contribution in [0.4, 0.5) is 5.69 Å². The quantitative estimate of drug-likeness (QED) is 0.806. The first-order valence-electron chi connectivity index (χ1n) is 7.46. The van der Waals surface area contributed by atoms with Gasteiger partial charge in [0.15, 0.2) is 0 Å². The van der Waals surface area contributed by atoms with Gasteiger partial charge >= 0.3 is 0 Å². The average Bonchev–Trinajstić information content (AvgIpc) is 3.41. The number of carbonyl (C=O) groups excluding carboxylic acids is 1. The van der Waals surface area contributed by atoms with E-state index < -0.39 is 0 Å². The van der Waals surface area contributed by atoms with Crippen LogP contribution in [0.3, 0.4) is 0 Å². The van der Waals surface area contributed by atoms with Crippen molar-refractivity contribution in [3.05, 3.63) is 65.0 Å². The van der Waals surface area contributed by atoms with Gasteiger partial charge in [0, 0.05) is 17.9 Å². The number of fused-ring (bicyclic) bond motifs is 1. The number of aromatic nitrogens is 3. The topological polar surface area (TPSA) is 76.9 Å². The number of benzene rings is 1. The van der Waals surface area contributed by atoms with Crippen LogP contribution in [0, 0.1) is 0 Å². The van der Waals surface area contributed by atoms with E-state index in [1.54, 1.807) is 53.5 Å². The van der Waals surface area contributed by atoms with Crippen molar-refractivity contribution in [2.45, 2.75) is 18.9 Å². The fourth-order valence-electron chi connectivity index (χ4n) is 2.52. The van der Waals surface area contributed by atoms with Crippen LogP contribution in [0.15, 0.2) is 53.7 Å². The summed E-state index contributed by atoms with van der Waals surface area (Å²) < 4.78 is 1.67. The minimum absolute atomic E-state index is 0.0635. The third-order valence-electron chi connectivity index (χ3n) is 3.88. The van der Waals surface area contributed by atoms with Gasteiger partial charge in [0.2, 0.25) is 0 Å². The zero-order chi connectivity index (χ0) is 15.8. The van der Waals surface area contributed by atoms with Crippen molar-refractivity contribution >= 4 is 22.5 Å². The Morgan fingerprint density at radius 1 is 1.17 bits per heavy atom. The second kappa shape index (κ2) is 5.31. The molecule has 0 atom stereocenters. The maximum absolute atomic E-state index is 12.5. The number of nitrogens with one attached hydrogen (secondary N) is 1. The second-order valence-corrected chi connectivity index (χ2v) is 5.59. The van der Waals surface area contributed by atoms with Crippen LogP contribution < -0.4 is 10.9 Å². The lowest BCUT2D eigenvalue weighted by atomic mass is 10.2. The summed E-state index contributed by atoms with van der Waals surface area (Å²) in [6.45, 7) is 0. The van der Waals surface area contributed by atoms with Crippen LogP contribution in [-0.2, 0) is 0 Å². The number of anilines is 1. The molecule has 0 radical (unpaired) electrons. The molecule has 1 aromatic carbocycles. The Morgan fingerprint density at radius 3 is 2.78 bits per heavy atom. The molecule has 1 amide bonds. The minimum atomic E-state index is -0.309. The molecule has 0 unspecified atom stereocenters. The first-order valence-corrected chi connectivity index (χ1v) is 7.46. The van der Waals surface area contributed by atoms with Gasteiger partial charge in [0.05, 0.1) is 17.2 Å². The van der Waals surface area contributed by atoms with Crippen molar-refractivity contribution in [1.82, 2.24) is 14.5 Å². The molecule has 1 aliphatic rings. The molecule has 1 aliphatic carbocycles. The van der Waals surface area contributed by atoms with Gasteiger partial charge in [-0.05, 0) is 43.2 Å². The number of carbonyl (C=O) groups is 1. The lowest BCUT2D eigenvalue weighted by molar-refractivity contribution is 0.102. The first kappa shape index (κ1) is 13.6. The Morgan fingerprint density at radius 2 is 2.04 bits per heavy atom. The molecule has 0 saturated heterocycles. The molecule has 2 aromatic heterocycles. The molecule has 0 spiro atoms. The van der Waals surface area contributed by atoms with E-state index in [1.807, 2.05) is 0 Å². The third kappa shape index (κ3) is 2.59. The van der Waals surface area contributed by atoms with E-state index in [-0.39, 0.29) is 17.5 Å². The van der Waals surface area contributed by atoms with Gasteiger partial charge in [-0.25, -0.2) is 4.98 Å². The van der Waals surface area contributed by atoms with Crippen molar-refractivity contribution in [2.24, 2.45) is 0 Å². The number of hydrogen-bond acceptors (Lipinski definition) is 4. The zero-order valence-corrected chi connectivity index (χ0v) is 12.3. The number of rotatable bonds is 3. The fraction of sp³-hybridized carbons (Fsp3) is 0.176. The molecule has 1 saturated carbocycles. The van der Waals surface area contributed by atoms with E-state index in [2.05, 4.69) is 15.3 Å². The molecule has 1 N–H and O–H groups in total. The Hall–Kier alpha value is -3.02. The number of pyridine rings is 1. The van der Waals surface area contributed by atoms with Gasteiger partial charge in [0.1, 0.15) is 5.69 Å². The van der Waals surface area contributed by atoms with E-state index >= 15 is 0 Å². The molecule has 4 rings (SSSR count). The van der Waals surface area contributed by atoms with Gasteiger partial charge < -0.3 is 5.32 Å². The third-order valence-corrected chi connectivity index (χ3v) is 3.88. The summed E-state index contributed by atoms with van der Waals surface area (Å²) >= 11 is 0. The van der Waals surface area contributed by atoms with Gasteiger partial charge in [-0.2, -0.15) is 0 Å². The highest BCUT2D eigenvalue weighted by Crippen LogP contribution is 2.33. The molecule has 3 aromatic rings. The molecule has 0 bridgehead atoms. The first-order chi connectivity index (χ1) is 11.2. The molecule has 114 valence electrons. The predicted octanol–water partition coefficient (Wildman–Crippen LogP) is 2.38. The maximum Gasteiger partial charge on any atom is 0.274 e. The molecule has 2 heterocycles. The fourth-order valence-corrected chi connectivity index (χ4v) is 2.52. The summed E-state index contributed by atoms with van der Waals surface area (Å²) in [5.74, 6) is -0.309.